The lowest BCUT2D eigenvalue weighted by atomic mass is 9.99. The number of fused-ring (bicyclic) bond motifs is 1. The first-order valence-electron chi connectivity index (χ1n) is 7.41. The normalized spacial score (nSPS) is 14.6. The fourth-order valence-corrected chi connectivity index (χ4v) is 3.12. The van der Waals surface area contributed by atoms with Crippen molar-refractivity contribution in [3.8, 4) is 5.75 Å². The number of ether oxygens (including phenoxy) is 1. The van der Waals surface area contributed by atoms with E-state index in [0.29, 0.717) is 0 Å². The molecule has 0 spiro atoms. The zero-order valence-electron chi connectivity index (χ0n) is 11.9. The predicted octanol–water partition coefficient (Wildman–Crippen LogP) is 4.33. The highest BCUT2D eigenvalue weighted by Gasteiger charge is 2.17. The smallest absolute Gasteiger partial charge is 0.125 e. The molecule has 2 aromatic carbocycles. The average Bonchev–Trinajstić information content (AvgIpc) is 2.96. The van der Waals surface area contributed by atoms with E-state index in [0.717, 1.165) is 54.2 Å². The van der Waals surface area contributed by atoms with Gasteiger partial charge in [-0.1, -0.05) is 41.9 Å². The number of hydrogen-bond donors (Lipinski definition) is 1. The molecule has 1 atom stereocenters. The van der Waals surface area contributed by atoms with Crippen molar-refractivity contribution in [1.82, 2.24) is 0 Å². The van der Waals surface area contributed by atoms with E-state index in [1.165, 1.54) is 5.56 Å². The van der Waals surface area contributed by atoms with Crippen molar-refractivity contribution < 1.29 is 9.84 Å². The van der Waals surface area contributed by atoms with Crippen LogP contribution in [0.5, 0.6) is 5.75 Å². The predicted molar refractivity (Wildman–Crippen MR) is 85.0 cm³/mol. The van der Waals surface area contributed by atoms with E-state index >= 15 is 0 Å². The van der Waals surface area contributed by atoms with Gasteiger partial charge in [0.2, 0.25) is 0 Å². The maximum atomic E-state index is 10.2. The van der Waals surface area contributed by atoms with Crippen LogP contribution in [0.15, 0.2) is 42.5 Å². The van der Waals surface area contributed by atoms with E-state index in [-0.39, 0.29) is 0 Å². The van der Waals surface area contributed by atoms with Crippen LogP contribution < -0.4 is 4.74 Å². The molecule has 0 saturated heterocycles. The van der Waals surface area contributed by atoms with Crippen LogP contribution in [0.4, 0.5) is 0 Å². The summed E-state index contributed by atoms with van der Waals surface area (Å²) < 4.78 is 5.71. The first-order valence-corrected chi connectivity index (χ1v) is 7.79. The molecule has 1 aliphatic heterocycles. The van der Waals surface area contributed by atoms with Crippen LogP contribution in [-0.4, -0.2) is 11.7 Å². The molecular weight excluding hydrogens is 284 g/mol. The minimum Gasteiger partial charge on any atom is -0.493 e. The quantitative estimate of drug-likeness (QED) is 0.890. The second kappa shape index (κ2) is 6.50. The van der Waals surface area contributed by atoms with Crippen molar-refractivity contribution in [2.45, 2.75) is 31.8 Å². The maximum Gasteiger partial charge on any atom is 0.125 e. The molecule has 0 bridgehead atoms. The SMILES string of the molecule is OC(CCCc1cc(Cl)cc2c1OCC2)c1ccccc1. The third-order valence-corrected chi connectivity index (χ3v) is 4.15. The highest BCUT2D eigenvalue weighted by Crippen LogP contribution is 2.34. The molecule has 0 amide bonds. The molecular formula is C18H19ClO2. The summed E-state index contributed by atoms with van der Waals surface area (Å²) in [6, 6.07) is 13.8. The standard InChI is InChI=1S/C18H19ClO2/c19-16-11-14(18-15(12-16)9-10-21-18)7-4-8-17(20)13-5-2-1-3-6-13/h1-3,5-6,11-12,17,20H,4,7-10H2. The van der Waals surface area contributed by atoms with E-state index in [4.69, 9.17) is 16.3 Å². The molecule has 110 valence electrons. The summed E-state index contributed by atoms with van der Waals surface area (Å²) in [7, 11) is 0. The van der Waals surface area contributed by atoms with Crippen LogP contribution in [0, 0.1) is 0 Å². The molecule has 0 saturated carbocycles. The van der Waals surface area contributed by atoms with Gasteiger partial charge in [-0.25, -0.2) is 0 Å². The van der Waals surface area contributed by atoms with Crippen LogP contribution in [0.3, 0.4) is 0 Å². The van der Waals surface area contributed by atoms with Gasteiger partial charge in [-0.15, -0.1) is 0 Å². The van der Waals surface area contributed by atoms with Gasteiger partial charge in [0.15, 0.2) is 0 Å². The summed E-state index contributed by atoms with van der Waals surface area (Å²) in [4.78, 5) is 0. The van der Waals surface area contributed by atoms with E-state index in [1.807, 2.05) is 42.5 Å². The number of halogens is 1. The van der Waals surface area contributed by atoms with Crippen molar-refractivity contribution in [3.05, 3.63) is 64.2 Å². The zero-order chi connectivity index (χ0) is 14.7. The summed E-state index contributed by atoms with van der Waals surface area (Å²) in [6.45, 7) is 0.745. The van der Waals surface area contributed by atoms with Crippen molar-refractivity contribution in [2.75, 3.05) is 6.61 Å². The second-order valence-corrected chi connectivity index (χ2v) is 5.91. The number of aliphatic hydroxyl groups is 1. The number of rotatable bonds is 5. The largest absolute Gasteiger partial charge is 0.493 e. The second-order valence-electron chi connectivity index (χ2n) is 5.47. The van der Waals surface area contributed by atoms with Gasteiger partial charge >= 0.3 is 0 Å². The third-order valence-electron chi connectivity index (χ3n) is 3.93. The number of aryl methyl sites for hydroxylation is 1. The topological polar surface area (TPSA) is 29.5 Å². The lowest BCUT2D eigenvalue weighted by molar-refractivity contribution is 0.164. The van der Waals surface area contributed by atoms with Crippen LogP contribution in [0.1, 0.15) is 35.6 Å². The first-order chi connectivity index (χ1) is 10.2. The van der Waals surface area contributed by atoms with Gasteiger partial charge in [-0.3, -0.25) is 0 Å². The van der Waals surface area contributed by atoms with Crippen molar-refractivity contribution >= 4 is 11.6 Å². The molecule has 1 unspecified atom stereocenters. The Morgan fingerprint density at radius 3 is 2.81 bits per heavy atom. The van der Waals surface area contributed by atoms with E-state index in [9.17, 15) is 5.11 Å². The van der Waals surface area contributed by atoms with Crippen molar-refractivity contribution in [2.24, 2.45) is 0 Å². The van der Waals surface area contributed by atoms with Gasteiger partial charge in [0.25, 0.3) is 0 Å². The Labute approximate surface area is 130 Å². The van der Waals surface area contributed by atoms with Gasteiger partial charge in [0.1, 0.15) is 5.75 Å². The van der Waals surface area contributed by atoms with Gasteiger partial charge < -0.3 is 9.84 Å². The van der Waals surface area contributed by atoms with Crippen LogP contribution in [0.25, 0.3) is 0 Å². The molecule has 1 aliphatic rings. The monoisotopic (exact) mass is 302 g/mol. The molecule has 3 rings (SSSR count). The summed E-state index contributed by atoms with van der Waals surface area (Å²) in [5, 5.41) is 11.0. The Balaban J connectivity index is 1.61. The lowest BCUT2D eigenvalue weighted by Crippen LogP contribution is -1.99. The Hall–Kier alpha value is -1.51. The minimum atomic E-state index is -0.403. The van der Waals surface area contributed by atoms with Crippen LogP contribution in [0.2, 0.25) is 5.02 Å². The fraction of sp³-hybridized carbons (Fsp3) is 0.333. The molecule has 21 heavy (non-hydrogen) atoms. The number of hydrogen-bond acceptors (Lipinski definition) is 2. The van der Waals surface area contributed by atoms with Gasteiger partial charge in [0, 0.05) is 11.4 Å². The molecule has 1 heterocycles. The summed E-state index contributed by atoms with van der Waals surface area (Å²) >= 11 is 6.16. The molecule has 2 aromatic rings. The van der Waals surface area contributed by atoms with Gasteiger partial charge in [-0.2, -0.15) is 0 Å². The number of aliphatic hydroxyl groups excluding tert-OH is 1. The summed E-state index contributed by atoms with van der Waals surface area (Å²) in [5.41, 5.74) is 3.35. The molecule has 0 aliphatic carbocycles. The van der Waals surface area contributed by atoms with E-state index in [2.05, 4.69) is 0 Å². The fourth-order valence-electron chi connectivity index (χ4n) is 2.86. The van der Waals surface area contributed by atoms with Gasteiger partial charge in [-0.05, 0) is 48.1 Å². The molecule has 0 aromatic heterocycles. The summed E-state index contributed by atoms with van der Waals surface area (Å²) in [5.74, 6) is 1.01. The van der Waals surface area contributed by atoms with Crippen LogP contribution in [-0.2, 0) is 12.8 Å². The Morgan fingerprint density at radius 1 is 1.19 bits per heavy atom. The minimum absolute atomic E-state index is 0.403. The van der Waals surface area contributed by atoms with Crippen molar-refractivity contribution in [3.63, 3.8) is 0 Å². The Kier molecular flexibility index (Phi) is 4.47. The number of benzene rings is 2. The molecule has 1 N–H and O–H groups in total. The first kappa shape index (κ1) is 14.4. The summed E-state index contributed by atoms with van der Waals surface area (Å²) in [6.07, 6.45) is 3.07. The van der Waals surface area contributed by atoms with Crippen molar-refractivity contribution in [1.29, 1.82) is 0 Å². The van der Waals surface area contributed by atoms with E-state index < -0.39 is 6.10 Å². The van der Waals surface area contributed by atoms with Gasteiger partial charge in [0.05, 0.1) is 12.7 Å². The highest BCUT2D eigenvalue weighted by molar-refractivity contribution is 6.30. The molecule has 0 fully saturated rings. The molecule has 0 radical (unpaired) electrons. The van der Waals surface area contributed by atoms with E-state index in [1.54, 1.807) is 0 Å². The zero-order valence-corrected chi connectivity index (χ0v) is 12.6. The third kappa shape index (κ3) is 3.39. The Morgan fingerprint density at radius 2 is 2.00 bits per heavy atom. The lowest BCUT2D eigenvalue weighted by Gasteiger charge is -2.12. The molecule has 3 heteroatoms. The average molecular weight is 303 g/mol. The maximum absolute atomic E-state index is 10.2. The Bertz CT molecular complexity index is 610. The highest BCUT2D eigenvalue weighted by atomic mass is 35.5. The molecule has 2 nitrogen and oxygen atoms in total. The van der Waals surface area contributed by atoms with Crippen LogP contribution >= 0.6 is 11.6 Å².